The molecule has 5 heteroatoms. The number of thioether (sulfide) groups is 1. The van der Waals surface area contributed by atoms with Gasteiger partial charge in [0, 0.05) is 24.5 Å². The van der Waals surface area contributed by atoms with E-state index in [1.54, 1.807) is 17.8 Å². The smallest absolute Gasteiger partial charge is 0.244 e. The van der Waals surface area contributed by atoms with Crippen molar-refractivity contribution in [1.29, 1.82) is 0 Å². The van der Waals surface area contributed by atoms with Crippen LogP contribution in [0.5, 0.6) is 0 Å². The van der Waals surface area contributed by atoms with Crippen molar-refractivity contribution in [2.24, 2.45) is 0 Å². The molecule has 1 heterocycles. The molecule has 1 rings (SSSR count). The Morgan fingerprint density at radius 3 is 2.94 bits per heavy atom. The van der Waals surface area contributed by atoms with Gasteiger partial charge in [0.25, 0.3) is 0 Å². The molecule has 1 aromatic heterocycles. The van der Waals surface area contributed by atoms with Crippen molar-refractivity contribution >= 4 is 23.7 Å². The largest absolute Gasteiger partial charge is 0.462 e. The van der Waals surface area contributed by atoms with Crippen LogP contribution in [0.1, 0.15) is 17.9 Å². The van der Waals surface area contributed by atoms with E-state index in [0.29, 0.717) is 12.2 Å². The van der Waals surface area contributed by atoms with Gasteiger partial charge in [-0.2, -0.15) is 11.8 Å². The number of carbonyl (C=O) groups is 1. The van der Waals surface area contributed by atoms with E-state index in [4.69, 9.17) is 9.52 Å². The molecule has 0 saturated carbocycles. The molecule has 1 unspecified atom stereocenters. The van der Waals surface area contributed by atoms with Crippen LogP contribution in [0.25, 0.3) is 6.08 Å². The summed E-state index contributed by atoms with van der Waals surface area (Å²) in [5, 5.41) is 11.7. The van der Waals surface area contributed by atoms with E-state index in [0.717, 1.165) is 11.5 Å². The first kappa shape index (κ1) is 14.9. The summed E-state index contributed by atoms with van der Waals surface area (Å²) in [5.41, 5.74) is 0. The van der Waals surface area contributed by atoms with Gasteiger partial charge in [0.15, 0.2) is 0 Å². The highest BCUT2D eigenvalue weighted by Crippen LogP contribution is 2.08. The van der Waals surface area contributed by atoms with Crippen LogP contribution in [-0.2, 0) is 4.79 Å². The average Bonchev–Trinajstić information content (AvgIpc) is 2.73. The number of hydrogen-bond acceptors (Lipinski definition) is 4. The maximum atomic E-state index is 11.7. The normalized spacial score (nSPS) is 12.8. The van der Waals surface area contributed by atoms with Crippen molar-refractivity contribution in [3.8, 4) is 0 Å². The Morgan fingerprint density at radius 2 is 2.39 bits per heavy atom. The van der Waals surface area contributed by atoms with Gasteiger partial charge in [0.05, 0.1) is 0 Å². The fraction of sp³-hybridized carbons (Fsp3) is 0.462. The van der Waals surface area contributed by atoms with Crippen LogP contribution in [0.3, 0.4) is 0 Å². The second-order valence-corrected chi connectivity index (χ2v) is 4.87. The van der Waals surface area contributed by atoms with Gasteiger partial charge in [-0.1, -0.05) is 0 Å². The topological polar surface area (TPSA) is 62.5 Å². The molecular weight excluding hydrogens is 250 g/mol. The van der Waals surface area contributed by atoms with Crippen molar-refractivity contribution < 1.29 is 14.3 Å². The van der Waals surface area contributed by atoms with Gasteiger partial charge in [-0.05, 0) is 37.8 Å². The maximum Gasteiger partial charge on any atom is 0.244 e. The Morgan fingerprint density at radius 1 is 1.61 bits per heavy atom. The molecule has 4 nitrogen and oxygen atoms in total. The van der Waals surface area contributed by atoms with E-state index < -0.39 is 0 Å². The number of aliphatic hydroxyl groups is 1. The standard InChI is InChI=1S/C13H19NO3S/c1-10-3-4-12(17-10)5-6-13(16)14-11(7-8-15)9-18-2/h3-6,11,15H,7-9H2,1-2H3,(H,14,16)/b6-5+. The van der Waals surface area contributed by atoms with E-state index in [9.17, 15) is 4.79 Å². The third kappa shape index (κ3) is 5.42. The number of amides is 1. The number of nitrogens with one attached hydrogen (secondary N) is 1. The van der Waals surface area contributed by atoms with Crippen LogP contribution in [0.2, 0.25) is 0 Å². The van der Waals surface area contributed by atoms with E-state index in [1.807, 2.05) is 25.3 Å². The Hall–Kier alpha value is -1.20. The number of furan rings is 1. The van der Waals surface area contributed by atoms with Gasteiger partial charge in [-0.15, -0.1) is 0 Å². The van der Waals surface area contributed by atoms with Crippen LogP contribution in [-0.4, -0.2) is 35.7 Å². The molecule has 1 atom stereocenters. The third-order valence-electron chi connectivity index (χ3n) is 2.35. The van der Waals surface area contributed by atoms with E-state index in [2.05, 4.69) is 5.32 Å². The second kappa shape index (κ2) is 8.00. The summed E-state index contributed by atoms with van der Waals surface area (Å²) in [4.78, 5) is 11.7. The number of hydrogen-bond donors (Lipinski definition) is 2. The Labute approximate surface area is 111 Å². The van der Waals surface area contributed by atoms with Crippen molar-refractivity contribution in [3.63, 3.8) is 0 Å². The van der Waals surface area contributed by atoms with E-state index in [-0.39, 0.29) is 18.6 Å². The number of aliphatic hydroxyl groups excluding tert-OH is 1. The summed E-state index contributed by atoms with van der Waals surface area (Å²) in [6, 6.07) is 3.66. The predicted molar refractivity (Wildman–Crippen MR) is 74.5 cm³/mol. The number of rotatable bonds is 7. The molecule has 0 fully saturated rings. The lowest BCUT2D eigenvalue weighted by Gasteiger charge is -2.15. The van der Waals surface area contributed by atoms with Crippen molar-refractivity contribution in [2.75, 3.05) is 18.6 Å². The highest BCUT2D eigenvalue weighted by atomic mass is 32.2. The third-order valence-corrected chi connectivity index (χ3v) is 3.09. The lowest BCUT2D eigenvalue weighted by molar-refractivity contribution is -0.117. The Kier molecular flexibility index (Phi) is 6.60. The molecule has 0 aromatic carbocycles. The van der Waals surface area contributed by atoms with Gasteiger partial charge in [-0.3, -0.25) is 4.79 Å². The van der Waals surface area contributed by atoms with E-state index >= 15 is 0 Å². The zero-order chi connectivity index (χ0) is 13.4. The Balaban J connectivity index is 2.46. The molecule has 0 radical (unpaired) electrons. The summed E-state index contributed by atoms with van der Waals surface area (Å²) in [5.74, 6) is 2.10. The quantitative estimate of drug-likeness (QED) is 0.741. The SMILES string of the molecule is CSCC(CCO)NC(=O)/C=C/c1ccc(C)o1. The predicted octanol–water partition coefficient (Wildman–Crippen LogP) is 1.83. The monoisotopic (exact) mass is 269 g/mol. The molecule has 1 aromatic rings. The summed E-state index contributed by atoms with van der Waals surface area (Å²) >= 11 is 1.64. The maximum absolute atomic E-state index is 11.7. The number of aryl methyl sites for hydroxylation is 1. The fourth-order valence-electron chi connectivity index (χ4n) is 1.50. The first-order valence-electron chi connectivity index (χ1n) is 5.80. The van der Waals surface area contributed by atoms with Gasteiger partial charge in [-0.25, -0.2) is 0 Å². The van der Waals surface area contributed by atoms with Gasteiger partial charge < -0.3 is 14.8 Å². The molecule has 100 valence electrons. The molecule has 0 aliphatic heterocycles. The average molecular weight is 269 g/mol. The van der Waals surface area contributed by atoms with Crippen molar-refractivity contribution in [1.82, 2.24) is 5.32 Å². The summed E-state index contributed by atoms with van der Waals surface area (Å²) < 4.78 is 5.32. The lowest BCUT2D eigenvalue weighted by atomic mass is 10.2. The van der Waals surface area contributed by atoms with Gasteiger partial charge in [0.2, 0.25) is 5.91 Å². The lowest BCUT2D eigenvalue weighted by Crippen LogP contribution is -2.36. The van der Waals surface area contributed by atoms with Crippen molar-refractivity contribution in [3.05, 3.63) is 29.7 Å². The van der Waals surface area contributed by atoms with Gasteiger partial charge in [0.1, 0.15) is 11.5 Å². The number of carbonyl (C=O) groups excluding carboxylic acids is 1. The molecule has 0 aliphatic carbocycles. The van der Waals surface area contributed by atoms with Crippen LogP contribution in [0.15, 0.2) is 22.6 Å². The fourth-order valence-corrected chi connectivity index (χ4v) is 2.16. The highest BCUT2D eigenvalue weighted by Gasteiger charge is 2.09. The minimum Gasteiger partial charge on any atom is -0.462 e. The first-order chi connectivity index (χ1) is 8.65. The van der Waals surface area contributed by atoms with Crippen LogP contribution in [0.4, 0.5) is 0 Å². The minimum atomic E-state index is -0.170. The molecule has 1 amide bonds. The summed E-state index contributed by atoms with van der Waals surface area (Å²) in [7, 11) is 0. The van der Waals surface area contributed by atoms with E-state index in [1.165, 1.54) is 6.08 Å². The molecule has 2 N–H and O–H groups in total. The molecule has 18 heavy (non-hydrogen) atoms. The van der Waals surface area contributed by atoms with Crippen LogP contribution >= 0.6 is 11.8 Å². The summed E-state index contributed by atoms with van der Waals surface area (Å²) in [6.45, 7) is 1.93. The Bertz CT molecular complexity index is 395. The van der Waals surface area contributed by atoms with Crippen LogP contribution < -0.4 is 5.32 Å². The first-order valence-corrected chi connectivity index (χ1v) is 7.20. The zero-order valence-electron chi connectivity index (χ0n) is 10.7. The molecule has 0 saturated heterocycles. The second-order valence-electron chi connectivity index (χ2n) is 3.95. The molecular formula is C13H19NO3S. The molecule has 0 aliphatic rings. The van der Waals surface area contributed by atoms with Crippen LogP contribution in [0, 0.1) is 6.92 Å². The molecule has 0 spiro atoms. The highest BCUT2D eigenvalue weighted by molar-refractivity contribution is 7.98. The van der Waals surface area contributed by atoms with Crippen molar-refractivity contribution in [2.45, 2.75) is 19.4 Å². The zero-order valence-corrected chi connectivity index (χ0v) is 11.5. The van der Waals surface area contributed by atoms with Gasteiger partial charge >= 0.3 is 0 Å². The summed E-state index contributed by atoms with van der Waals surface area (Å²) in [6.07, 6.45) is 5.62. The minimum absolute atomic E-state index is 0.000451. The molecule has 0 bridgehead atoms.